The lowest BCUT2D eigenvalue weighted by molar-refractivity contribution is 0.0474. The lowest BCUT2D eigenvalue weighted by atomic mass is 10.1. The van der Waals surface area contributed by atoms with E-state index in [9.17, 15) is 14.4 Å². The number of hydrogen-bond donors (Lipinski definition) is 0. The van der Waals surface area contributed by atoms with Crippen molar-refractivity contribution in [1.82, 2.24) is 0 Å². The molecule has 26 heavy (non-hydrogen) atoms. The largest absolute Gasteiger partial charge is 0.493 e. The zero-order valence-electron chi connectivity index (χ0n) is 14.6. The fourth-order valence-electron chi connectivity index (χ4n) is 2.24. The Labute approximate surface area is 150 Å². The molecule has 0 unspecified atom stereocenters. The molecule has 2 rings (SSSR count). The van der Waals surface area contributed by atoms with E-state index in [0.29, 0.717) is 29.1 Å². The molecule has 0 aliphatic carbocycles. The number of aldehydes is 1. The normalized spacial score (nSPS) is 9.96. The second-order valence-corrected chi connectivity index (χ2v) is 5.15. The Balaban J connectivity index is 2.11. The van der Waals surface area contributed by atoms with Crippen LogP contribution >= 0.6 is 0 Å². The fourth-order valence-corrected chi connectivity index (χ4v) is 2.24. The van der Waals surface area contributed by atoms with Gasteiger partial charge in [0.05, 0.1) is 26.9 Å². The highest BCUT2D eigenvalue weighted by molar-refractivity contribution is 6.00. The number of ether oxygens (including phenoxy) is 4. The summed E-state index contributed by atoms with van der Waals surface area (Å²) < 4.78 is 20.6. The van der Waals surface area contributed by atoms with Crippen molar-refractivity contribution in [3.05, 3.63) is 53.1 Å². The molecular weight excluding hydrogens is 340 g/mol. The first-order valence-electron chi connectivity index (χ1n) is 7.59. The first kappa shape index (κ1) is 19.0. The molecule has 2 aromatic rings. The van der Waals surface area contributed by atoms with Crippen molar-refractivity contribution in [1.29, 1.82) is 0 Å². The molecule has 0 aliphatic rings. The molecule has 0 fully saturated rings. The van der Waals surface area contributed by atoms with E-state index < -0.39 is 18.4 Å². The monoisotopic (exact) mass is 358 g/mol. The minimum absolute atomic E-state index is 0.244. The Bertz CT molecular complexity index is 784. The van der Waals surface area contributed by atoms with Crippen LogP contribution in [-0.2, 0) is 4.74 Å². The van der Waals surface area contributed by atoms with Crippen molar-refractivity contribution >= 4 is 18.0 Å². The number of hydrogen-bond acceptors (Lipinski definition) is 7. The maximum Gasteiger partial charge on any atom is 0.338 e. The predicted molar refractivity (Wildman–Crippen MR) is 92.5 cm³/mol. The van der Waals surface area contributed by atoms with Gasteiger partial charge in [-0.3, -0.25) is 9.59 Å². The Morgan fingerprint density at radius 2 is 1.46 bits per heavy atom. The van der Waals surface area contributed by atoms with Crippen LogP contribution < -0.4 is 14.2 Å². The fraction of sp³-hybridized carbons (Fsp3) is 0.211. The van der Waals surface area contributed by atoms with Gasteiger partial charge >= 0.3 is 5.97 Å². The van der Waals surface area contributed by atoms with Crippen LogP contribution in [0.15, 0.2) is 36.4 Å². The average molecular weight is 358 g/mol. The molecule has 0 atom stereocenters. The Morgan fingerprint density at radius 3 is 1.92 bits per heavy atom. The summed E-state index contributed by atoms with van der Waals surface area (Å²) in [5.41, 5.74) is 0.937. The molecule has 0 radical (unpaired) electrons. The van der Waals surface area contributed by atoms with Crippen LogP contribution in [0, 0.1) is 0 Å². The van der Waals surface area contributed by atoms with Crippen LogP contribution in [0.4, 0.5) is 0 Å². The topological polar surface area (TPSA) is 88.1 Å². The van der Waals surface area contributed by atoms with E-state index in [1.54, 1.807) is 0 Å². The van der Waals surface area contributed by atoms with Gasteiger partial charge < -0.3 is 18.9 Å². The number of rotatable bonds is 8. The minimum atomic E-state index is -0.664. The molecule has 0 N–H and O–H groups in total. The van der Waals surface area contributed by atoms with Crippen molar-refractivity contribution in [2.45, 2.75) is 0 Å². The Kier molecular flexibility index (Phi) is 6.32. The molecule has 0 saturated carbocycles. The van der Waals surface area contributed by atoms with E-state index in [1.165, 1.54) is 57.7 Å². The molecule has 136 valence electrons. The molecule has 0 saturated heterocycles. The zero-order chi connectivity index (χ0) is 19.1. The summed E-state index contributed by atoms with van der Waals surface area (Å²) in [6, 6.07) is 8.86. The maximum absolute atomic E-state index is 12.3. The van der Waals surface area contributed by atoms with E-state index >= 15 is 0 Å². The van der Waals surface area contributed by atoms with Crippen LogP contribution in [0.25, 0.3) is 0 Å². The van der Waals surface area contributed by atoms with E-state index in [-0.39, 0.29) is 11.1 Å². The van der Waals surface area contributed by atoms with Crippen LogP contribution in [0.3, 0.4) is 0 Å². The number of benzene rings is 2. The quantitative estimate of drug-likeness (QED) is 0.407. The Morgan fingerprint density at radius 1 is 0.885 bits per heavy atom. The minimum Gasteiger partial charge on any atom is -0.493 e. The van der Waals surface area contributed by atoms with Gasteiger partial charge in [-0.15, -0.1) is 0 Å². The molecule has 7 nitrogen and oxygen atoms in total. The molecule has 0 spiro atoms. The third-order valence-electron chi connectivity index (χ3n) is 3.60. The van der Waals surface area contributed by atoms with Crippen LogP contribution in [0.2, 0.25) is 0 Å². The van der Waals surface area contributed by atoms with Gasteiger partial charge in [0.1, 0.15) is 6.29 Å². The number of methoxy groups -OCH3 is 3. The molecule has 0 aliphatic heterocycles. The Hall–Kier alpha value is -3.35. The van der Waals surface area contributed by atoms with Crippen molar-refractivity contribution in [3.63, 3.8) is 0 Å². The summed E-state index contributed by atoms with van der Waals surface area (Å²) in [5, 5.41) is 0. The van der Waals surface area contributed by atoms with Gasteiger partial charge in [0.15, 0.2) is 18.1 Å². The van der Waals surface area contributed by atoms with E-state index in [1.807, 2.05) is 0 Å². The summed E-state index contributed by atoms with van der Waals surface area (Å²) in [4.78, 5) is 35.0. The number of esters is 1. The zero-order valence-corrected chi connectivity index (χ0v) is 14.6. The average Bonchev–Trinajstić information content (AvgIpc) is 2.70. The van der Waals surface area contributed by atoms with E-state index in [4.69, 9.17) is 18.9 Å². The number of Topliss-reactive ketones (excluding diaryl/α,β-unsaturated/α-hetero) is 1. The standard InChI is InChI=1S/C19H18O7/c1-23-16-8-14(9-17(24-2)18(16)25-3)15(21)11-26-19(22)13-6-4-12(10-20)5-7-13/h4-10H,11H2,1-3H3. The first-order valence-corrected chi connectivity index (χ1v) is 7.59. The third-order valence-corrected chi connectivity index (χ3v) is 3.60. The summed E-state index contributed by atoms with van der Waals surface area (Å²) >= 11 is 0. The molecule has 0 aromatic heterocycles. The van der Waals surface area contributed by atoms with Crippen LogP contribution in [0.5, 0.6) is 17.2 Å². The van der Waals surface area contributed by atoms with E-state index in [2.05, 4.69) is 0 Å². The van der Waals surface area contributed by atoms with Crippen molar-refractivity contribution in [3.8, 4) is 17.2 Å². The highest BCUT2D eigenvalue weighted by atomic mass is 16.5. The molecule has 2 aromatic carbocycles. The second-order valence-electron chi connectivity index (χ2n) is 5.15. The van der Waals surface area contributed by atoms with Crippen molar-refractivity contribution in [2.24, 2.45) is 0 Å². The van der Waals surface area contributed by atoms with Crippen molar-refractivity contribution < 1.29 is 33.3 Å². The summed E-state index contributed by atoms with van der Waals surface area (Å²) in [7, 11) is 4.34. The van der Waals surface area contributed by atoms with Gasteiger partial charge in [0.2, 0.25) is 11.5 Å². The SMILES string of the molecule is COc1cc(C(=O)COC(=O)c2ccc(C=O)cc2)cc(OC)c1OC. The van der Waals surface area contributed by atoms with Gasteiger partial charge in [0, 0.05) is 11.1 Å². The number of carbonyl (C=O) groups excluding carboxylic acids is 3. The van der Waals surface area contributed by atoms with Crippen LogP contribution in [0.1, 0.15) is 31.1 Å². The van der Waals surface area contributed by atoms with Gasteiger partial charge in [-0.25, -0.2) is 4.79 Å². The molecule has 7 heteroatoms. The smallest absolute Gasteiger partial charge is 0.338 e. The van der Waals surface area contributed by atoms with Gasteiger partial charge in [-0.2, -0.15) is 0 Å². The molecular formula is C19H18O7. The molecule has 0 bridgehead atoms. The molecule has 0 amide bonds. The van der Waals surface area contributed by atoms with Gasteiger partial charge in [0.25, 0.3) is 0 Å². The summed E-state index contributed by atoms with van der Waals surface area (Å²) in [5.74, 6) is -0.0823. The van der Waals surface area contributed by atoms with Crippen LogP contribution in [-0.4, -0.2) is 46.0 Å². The van der Waals surface area contributed by atoms with Crippen molar-refractivity contribution in [2.75, 3.05) is 27.9 Å². The lowest BCUT2D eigenvalue weighted by Crippen LogP contribution is -2.14. The number of ketones is 1. The summed E-state index contributed by atoms with van der Waals surface area (Å²) in [6.07, 6.45) is 0.670. The third kappa shape index (κ3) is 4.18. The first-order chi connectivity index (χ1) is 12.5. The predicted octanol–water partition coefficient (Wildman–Crippen LogP) is 2.56. The number of carbonyl (C=O) groups is 3. The maximum atomic E-state index is 12.3. The van der Waals surface area contributed by atoms with Gasteiger partial charge in [-0.1, -0.05) is 12.1 Å². The lowest BCUT2D eigenvalue weighted by Gasteiger charge is -2.13. The van der Waals surface area contributed by atoms with E-state index in [0.717, 1.165) is 0 Å². The highest BCUT2D eigenvalue weighted by Gasteiger charge is 2.18. The second kappa shape index (κ2) is 8.66. The molecule has 0 heterocycles. The summed E-state index contributed by atoms with van der Waals surface area (Å²) in [6.45, 7) is -0.451. The highest BCUT2D eigenvalue weighted by Crippen LogP contribution is 2.38. The van der Waals surface area contributed by atoms with Gasteiger partial charge in [-0.05, 0) is 24.3 Å².